The third kappa shape index (κ3) is 4.14. The van der Waals surface area contributed by atoms with Crippen molar-refractivity contribution in [3.8, 4) is 0 Å². The molecule has 2 saturated heterocycles. The minimum Gasteiger partial charge on any atom is -0.378 e. The predicted molar refractivity (Wildman–Crippen MR) is 85.1 cm³/mol. The molecule has 3 heterocycles. The molecular weight excluding hydrogens is 294 g/mol. The number of hydrogen-bond donors (Lipinski definition) is 0. The molecule has 1 aromatic rings. The van der Waals surface area contributed by atoms with Gasteiger partial charge in [0, 0.05) is 31.7 Å². The summed E-state index contributed by atoms with van der Waals surface area (Å²) in [5.74, 6) is 0.171. The van der Waals surface area contributed by atoms with Crippen LogP contribution in [0.15, 0.2) is 24.4 Å². The number of amides is 1. The van der Waals surface area contributed by atoms with Gasteiger partial charge in [0.25, 0.3) is 0 Å². The van der Waals surface area contributed by atoms with Crippen molar-refractivity contribution in [3.05, 3.63) is 30.1 Å². The number of piperidine rings is 1. The standard InChI is InChI=1S/C17H23N3O3/c21-16(20-8-10-23-11-9-20)13-19-7-3-4-14(12-19)17(22)15-5-1-2-6-18-15/h1-2,5-6,14H,3-4,7-13H2. The highest BCUT2D eigenvalue weighted by Crippen LogP contribution is 2.20. The van der Waals surface area contributed by atoms with Crippen molar-refractivity contribution >= 4 is 11.7 Å². The summed E-state index contributed by atoms with van der Waals surface area (Å²) in [5.41, 5.74) is 0.527. The largest absolute Gasteiger partial charge is 0.378 e. The van der Waals surface area contributed by atoms with Crippen molar-refractivity contribution < 1.29 is 14.3 Å². The van der Waals surface area contributed by atoms with Gasteiger partial charge in [0.05, 0.1) is 19.8 Å². The maximum absolute atomic E-state index is 12.5. The highest BCUT2D eigenvalue weighted by Gasteiger charge is 2.29. The molecule has 0 bridgehead atoms. The Morgan fingerprint density at radius 3 is 2.78 bits per heavy atom. The van der Waals surface area contributed by atoms with Crippen LogP contribution >= 0.6 is 0 Å². The minimum absolute atomic E-state index is 0.0591. The maximum Gasteiger partial charge on any atom is 0.236 e. The third-order valence-electron chi connectivity index (χ3n) is 4.52. The van der Waals surface area contributed by atoms with Gasteiger partial charge in [-0.05, 0) is 31.5 Å². The van der Waals surface area contributed by atoms with Crippen LogP contribution in [0.1, 0.15) is 23.3 Å². The molecule has 0 aromatic carbocycles. The van der Waals surface area contributed by atoms with Crippen LogP contribution in [0.4, 0.5) is 0 Å². The number of hydrogen-bond acceptors (Lipinski definition) is 5. The van der Waals surface area contributed by atoms with Gasteiger partial charge in [-0.2, -0.15) is 0 Å². The van der Waals surface area contributed by atoms with E-state index in [1.54, 1.807) is 12.3 Å². The van der Waals surface area contributed by atoms with E-state index in [4.69, 9.17) is 4.74 Å². The zero-order chi connectivity index (χ0) is 16.1. The smallest absolute Gasteiger partial charge is 0.236 e. The molecule has 0 saturated carbocycles. The molecule has 0 radical (unpaired) electrons. The van der Waals surface area contributed by atoms with Gasteiger partial charge in [-0.3, -0.25) is 19.5 Å². The fourth-order valence-corrected chi connectivity index (χ4v) is 3.23. The molecule has 2 aliphatic heterocycles. The number of rotatable bonds is 4. The Bertz CT molecular complexity index is 543. The zero-order valence-electron chi connectivity index (χ0n) is 13.3. The third-order valence-corrected chi connectivity index (χ3v) is 4.52. The van der Waals surface area contributed by atoms with Crippen molar-refractivity contribution in [1.29, 1.82) is 0 Å². The molecule has 2 fully saturated rings. The van der Waals surface area contributed by atoms with E-state index in [1.807, 2.05) is 17.0 Å². The Balaban J connectivity index is 1.55. The lowest BCUT2D eigenvalue weighted by molar-refractivity contribution is -0.136. The summed E-state index contributed by atoms with van der Waals surface area (Å²) in [6.07, 6.45) is 3.47. The van der Waals surface area contributed by atoms with E-state index in [-0.39, 0.29) is 17.6 Å². The Morgan fingerprint density at radius 1 is 1.22 bits per heavy atom. The average Bonchev–Trinajstić information content (AvgIpc) is 2.63. The van der Waals surface area contributed by atoms with E-state index in [2.05, 4.69) is 9.88 Å². The number of nitrogens with zero attached hydrogens (tertiary/aromatic N) is 3. The molecule has 1 unspecified atom stereocenters. The zero-order valence-corrected chi connectivity index (χ0v) is 13.3. The van der Waals surface area contributed by atoms with E-state index < -0.39 is 0 Å². The molecule has 3 rings (SSSR count). The summed E-state index contributed by atoms with van der Waals surface area (Å²) in [4.78, 5) is 33.0. The van der Waals surface area contributed by atoms with E-state index in [9.17, 15) is 9.59 Å². The van der Waals surface area contributed by atoms with Gasteiger partial charge in [-0.25, -0.2) is 0 Å². The lowest BCUT2D eigenvalue weighted by atomic mass is 9.92. The van der Waals surface area contributed by atoms with Crippen LogP contribution in [0.3, 0.4) is 0 Å². The first-order valence-corrected chi connectivity index (χ1v) is 8.27. The molecule has 1 aromatic heterocycles. The number of ketones is 1. The van der Waals surface area contributed by atoms with Gasteiger partial charge < -0.3 is 9.64 Å². The molecule has 2 aliphatic rings. The van der Waals surface area contributed by atoms with Crippen molar-refractivity contribution in [2.24, 2.45) is 5.92 Å². The fraction of sp³-hybridized carbons (Fsp3) is 0.588. The van der Waals surface area contributed by atoms with E-state index in [0.717, 1.165) is 19.4 Å². The first-order valence-electron chi connectivity index (χ1n) is 8.27. The second-order valence-corrected chi connectivity index (χ2v) is 6.15. The molecule has 0 spiro atoms. The number of ether oxygens (including phenoxy) is 1. The number of pyridine rings is 1. The van der Waals surface area contributed by atoms with Crippen LogP contribution in [0.2, 0.25) is 0 Å². The Kier molecular flexibility index (Phi) is 5.35. The molecular formula is C17H23N3O3. The Labute approximate surface area is 136 Å². The monoisotopic (exact) mass is 317 g/mol. The second kappa shape index (κ2) is 7.66. The highest BCUT2D eigenvalue weighted by atomic mass is 16.5. The summed E-state index contributed by atoms with van der Waals surface area (Å²) in [5, 5.41) is 0. The molecule has 6 nitrogen and oxygen atoms in total. The fourth-order valence-electron chi connectivity index (χ4n) is 3.23. The van der Waals surface area contributed by atoms with E-state index in [0.29, 0.717) is 45.1 Å². The molecule has 0 aliphatic carbocycles. The summed E-state index contributed by atoms with van der Waals surface area (Å²) in [7, 11) is 0. The van der Waals surface area contributed by atoms with Crippen LogP contribution in [-0.4, -0.2) is 72.4 Å². The lowest BCUT2D eigenvalue weighted by Gasteiger charge is -2.34. The molecule has 23 heavy (non-hydrogen) atoms. The number of morpholine rings is 1. The first kappa shape index (κ1) is 16.1. The SMILES string of the molecule is O=C(c1ccccn1)C1CCCN(CC(=O)N2CCOCC2)C1. The number of carbonyl (C=O) groups excluding carboxylic acids is 2. The van der Waals surface area contributed by atoms with Crippen molar-refractivity contribution in [2.75, 3.05) is 45.9 Å². The number of likely N-dealkylation sites (tertiary alicyclic amines) is 1. The van der Waals surface area contributed by atoms with Gasteiger partial charge >= 0.3 is 0 Å². The normalized spacial score (nSPS) is 22.8. The molecule has 1 amide bonds. The van der Waals surface area contributed by atoms with E-state index >= 15 is 0 Å². The Hall–Kier alpha value is -1.79. The summed E-state index contributed by atoms with van der Waals surface area (Å²) < 4.78 is 5.28. The van der Waals surface area contributed by atoms with Crippen molar-refractivity contribution in [1.82, 2.24) is 14.8 Å². The predicted octanol–water partition coefficient (Wildman–Crippen LogP) is 0.835. The summed E-state index contributed by atoms with van der Waals surface area (Å²) in [6.45, 7) is 4.49. The summed E-state index contributed by atoms with van der Waals surface area (Å²) in [6, 6.07) is 5.41. The van der Waals surface area contributed by atoms with Gasteiger partial charge in [-0.1, -0.05) is 6.07 Å². The molecule has 0 N–H and O–H groups in total. The highest BCUT2D eigenvalue weighted by molar-refractivity contribution is 5.96. The maximum atomic E-state index is 12.5. The van der Waals surface area contributed by atoms with Crippen LogP contribution in [0.5, 0.6) is 0 Å². The van der Waals surface area contributed by atoms with Crippen molar-refractivity contribution in [3.63, 3.8) is 0 Å². The van der Waals surface area contributed by atoms with Crippen LogP contribution < -0.4 is 0 Å². The average molecular weight is 317 g/mol. The van der Waals surface area contributed by atoms with Crippen molar-refractivity contribution in [2.45, 2.75) is 12.8 Å². The number of Topliss-reactive ketones (excluding diaryl/α,β-unsaturated/α-hetero) is 1. The summed E-state index contributed by atoms with van der Waals surface area (Å²) >= 11 is 0. The lowest BCUT2D eigenvalue weighted by Crippen LogP contribution is -2.48. The minimum atomic E-state index is -0.0591. The van der Waals surface area contributed by atoms with Crippen LogP contribution in [0.25, 0.3) is 0 Å². The quantitative estimate of drug-likeness (QED) is 0.770. The van der Waals surface area contributed by atoms with E-state index in [1.165, 1.54) is 0 Å². The number of carbonyl (C=O) groups is 2. The van der Waals surface area contributed by atoms with Gasteiger partial charge in [-0.15, -0.1) is 0 Å². The molecule has 1 atom stereocenters. The van der Waals surface area contributed by atoms with Gasteiger partial charge in [0.15, 0.2) is 5.78 Å². The van der Waals surface area contributed by atoms with Crippen LogP contribution in [0, 0.1) is 5.92 Å². The molecule has 6 heteroatoms. The van der Waals surface area contributed by atoms with Gasteiger partial charge in [0.2, 0.25) is 5.91 Å². The Morgan fingerprint density at radius 2 is 2.04 bits per heavy atom. The first-order chi connectivity index (χ1) is 11.2. The second-order valence-electron chi connectivity index (χ2n) is 6.15. The number of aromatic nitrogens is 1. The van der Waals surface area contributed by atoms with Gasteiger partial charge in [0.1, 0.15) is 5.69 Å². The topological polar surface area (TPSA) is 62.7 Å². The molecule has 124 valence electrons. The van der Waals surface area contributed by atoms with Crippen LogP contribution in [-0.2, 0) is 9.53 Å².